The normalized spacial score (nSPS) is 11.8. The first-order chi connectivity index (χ1) is 11.1. The smallest absolute Gasteiger partial charge is 0.253 e. The number of amides is 3. The third kappa shape index (κ3) is 5.69. The van der Waals surface area contributed by atoms with Gasteiger partial charge in [0.05, 0.1) is 22.2 Å². The number of likely N-dealkylation sites (N-methyl/N-ethyl adjacent to an activating group) is 1. The summed E-state index contributed by atoms with van der Waals surface area (Å²) in [7, 11) is 1.50. The van der Waals surface area contributed by atoms with Crippen LogP contribution in [0.2, 0.25) is 10.0 Å². The quantitative estimate of drug-likeness (QED) is 0.801. The highest BCUT2D eigenvalue weighted by Crippen LogP contribution is 2.25. The van der Waals surface area contributed by atoms with E-state index in [1.165, 1.54) is 24.9 Å². The molecule has 0 aromatic heterocycles. The molecular weight excluding hydrogens is 353 g/mol. The van der Waals surface area contributed by atoms with Crippen molar-refractivity contribution in [2.24, 2.45) is 0 Å². The SMILES string of the molecule is CC(C)NC(=O)CN(C)C(=O)[C@@H](C)NC(=O)c1cccc(Cl)c1Cl. The molecule has 0 saturated carbocycles. The van der Waals surface area contributed by atoms with Gasteiger partial charge in [-0.1, -0.05) is 29.3 Å². The second-order valence-electron chi connectivity index (χ2n) is 5.71. The number of carbonyl (C=O) groups excluding carboxylic acids is 3. The summed E-state index contributed by atoms with van der Waals surface area (Å²) >= 11 is 11.9. The highest BCUT2D eigenvalue weighted by molar-refractivity contribution is 6.43. The summed E-state index contributed by atoms with van der Waals surface area (Å²) in [5.74, 6) is -1.17. The topological polar surface area (TPSA) is 78.5 Å². The highest BCUT2D eigenvalue weighted by atomic mass is 35.5. The molecule has 0 fully saturated rings. The minimum atomic E-state index is -0.815. The molecule has 0 heterocycles. The summed E-state index contributed by atoms with van der Waals surface area (Å²) < 4.78 is 0. The Balaban J connectivity index is 2.67. The Morgan fingerprint density at radius 3 is 2.33 bits per heavy atom. The first-order valence-corrected chi connectivity index (χ1v) is 8.18. The van der Waals surface area contributed by atoms with Crippen molar-refractivity contribution in [2.45, 2.75) is 32.9 Å². The summed E-state index contributed by atoms with van der Waals surface area (Å²) in [5.41, 5.74) is 0.184. The van der Waals surface area contributed by atoms with E-state index in [0.29, 0.717) is 0 Å². The van der Waals surface area contributed by atoms with Gasteiger partial charge in [0.1, 0.15) is 6.04 Å². The lowest BCUT2D eigenvalue weighted by molar-refractivity contribution is -0.136. The third-order valence-electron chi connectivity index (χ3n) is 3.12. The van der Waals surface area contributed by atoms with Crippen LogP contribution in [0.15, 0.2) is 18.2 Å². The third-order valence-corrected chi connectivity index (χ3v) is 3.94. The van der Waals surface area contributed by atoms with Gasteiger partial charge >= 0.3 is 0 Å². The van der Waals surface area contributed by atoms with Gasteiger partial charge in [-0.15, -0.1) is 0 Å². The molecular formula is C16H21Cl2N3O3. The Labute approximate surface area is 151 Å². The molecule has 1 aromatic carbocycles. The summed E-state index contributed by atoms with van der Waals surface area (Å²) in [6.45, 7) is 5.11. The summed E-state index contributed by atoms with van der Waals surface area (Å²) in [5, 5.41) is 5.63. The van der Waals surface area contributed by atoms with Crippen molar-refractivity contribution in [3.05, 3.63) is 33.8 Å². The van der Waals surface area contributed by atoms with Crippen LogP contribution in [-0.2, 0) is 9.59 Å². The van der Waals surface area contributed by atoms with E-state index < -0.39 is 11.9 Å². The minimum Gasteiger partial charge on any atom is -0.352 e. The van der Waals surface area contributed by atoms with Crippen molar-refractivity contribution in [1.82, 2.24) is 15.5 Å². The first-order valence-electron chi connectivity index (χ1n) is 7.42. The van der Waals surface area contributed by atoms with E-state index in [9.17, 15) is 14.4 Å². The number of carbonyl (C=O) groups is 3. The molecule has 0 bridgehead atoms. The molecule has 0 radical (unpaired) electrons. The van der Waals surface area contributed by atoms with E-state index in [4.69, 9.17) is 23.2 Å². The molecule has 1 aromatic rings. The molecule has 6 nitrogen and oxygen atoms in total. The fourth-order valence-electron chi connectivity index (χ4n) is 2.01. The van der Waals surface area contributed by atoms with Crippen LogP contribution in [0.5, 0.6) is 0 Å². The Morgan fingerprint density at radius 1 is 1.12 bits per heavy atom. The molecule has 8 heteroatoms. The zero-order valence-electron chi connectivity index (χ0n) is 14.0. The number of nitrogens with one attached hydrogen (secondary N) is 2. The van der Waals surface area contributed by atoms with Gasteiger partial charge in [-0.05, 0) is 32.9 Å². The molecule has 0 aliphatic carbocycles. The standard InChI is InChI=1S/C16H21Cl2N3O3/c1-9(2)19-13(22)8-21(4)16(24)10(3)20-15(23)11-6-5-7-12(17)14(11)18/h5-7,9-10H,8H2,1-4H3,(H,19,22)(H,20,23)/t10-/m1/s1. The molecule has 0 saturated heterocycles. The zero-order chi connectivity index (χ0) is 18.4. The minimum absolute atomic E-state index is 0.0110. The van der Waals surface area contributed by atoms with Gasteiger partial charge < -0.3 is 15.5 Å². The van der Waals surface area contributed by atoms with Crippen LogP contribution in [0, 0.1) is 0 Å². The number of hydrogen-bond acceptors (Lipinski definition) is 3. The van der Waals surface area contributed by atoms with Crippen LogP contribution in [0.4, 0.5) is 0 Å². The lowest BCUT2D eigenvalue weighted by Gasteiger charge is -2.22. The fraction of sp³-hybridized carbons (Fsp3) is 0.438. The van der Waals surface area contributed by atoms with E-state index in [-0.39, 0.29) is 40.0 Å². The highest BCUT2D eigenvalue weighted by Gasteiger charge is 2.23. The molecule has 24 heavy (non-hydrogen) atoms. The maximum Gasteiger partial charge on any atom is 0.253 e. The molecule has 0 aliphatic heterocycles. The summed E-state index contributed by atoms with van der Waals surface area (Å²) in [4.78, 5) is 37.4. The van der Waals surface area contributed by atoms with Crippen LogP contribution in [-0.4, -0.2) is 48.3 Å². The predicted molar refractivity (Wildman–Crippen MR) is 94.3 cm³/mol. The van der Waals surface area contributed by atoms with Gasteiger partial charge in [0, 0.05) is 13.1 Å². The predicted octanol–water partition coefficient (Wildman–Crippen LogP) is 2.09. The Morgan fingerprint density at radius 2 is 1.75 bits per heavy atom. The number of rotatable bonds is 6. The van der Waals surface area contributed by atoms with Gasteiger partial charge in [-0.2, -0.15) is 0 Å². The molecule has 0 unspecified atom stereocenters. The largest absolute Gasteiger partial charge is 0.352 e. The number of nitrogens with zero attached hydrogens (tertiary/aromatic N) is 1. The van der Waals surface area contributed by atoms with Crippen LogP contribution < -0.4 is 10.6 Å². The fourth-order valence-corrected chi connectivity index (χ4v) is 2.39. The van der Waals surface area contributed by atoms with Gasteiger partial charge in [0.25, 0.3) is 5.91 Å². The molecule has 1 atom stereocenters. The van der Waals surface area contributed by atoms with E-state index >= 15 is 0 Å². The number of benzene rings is 1. The van der Waals surface area contributed by atoms with Gasteiger partial charge in [-0.25, -0.2) is 0 Å². The number of halogens is 2. The maximum atomic E-state index is 12.3. The molecule has 1 rings (SSSR count). The van der Waals surface area contributed by atoms with E-state index in [2.05, 4.69) is 10.6 Å². The van der Waals surface area contributed by atoms with Crippen LogP contribution >= 0.6 is 23.2 Å². The summed E-state index contributed by atoms with van der Waals surface area (Å²) in [6.07, 6.45) is 0. The second kappa shape index (κ2) is 8.89. The zero-order valence-corrected chi connectivity index (χ0v) is 15.5. The second-order valence-corrected chi connectivity index (χ2v) is 6.50. The monoisotopic (exact) mass is 373 g/mol. The van der Waals surface area contributed by atoms with Crippen LogP contribution in [0.1, 0.15) is 31.1 Å². The van der Waals surface area contributed by atoms with Crippen molar-refractivity contribution >= 4 is 40.9 Å². The average molecular weight is 374 g/mol. The Hall–Kier alpha value is -1.79. The van der Waals surface area contributed by atoms with Crippen molar-refractivity contribution in [1.29, 1.82) is 0 Å². The maximum absolute atomic E-state index is 12.3. The molecule has 0 aliphatic rings. The van der Waals surface area contributed by atoms with E-state index in [1.807, 2.05) is 13.8 Å². The van der Waals surface area contributed by atoms with Crippen LogP contribution in [0.3, 0.4) is 0 Å². The van der Waals surface area contributed by atoms with Gasteiger partial charge in [0.2, 0.25) is 11.8 Å². The number of hydrogen-bond donors (Lipinski definition) is 2. The van der Waals surface area contributed by atoms with Crippen molar-refractivity contribution < 1.29 is 14.4 Å². The summed E-state index contributed by atoms with van der Waals surface area (Å²) in [6, 6.07) is 3.85. The van der Waals surface area contributed by atoms with Crippen LogP contribution in [0.25, 0.3) is 0 Å². The molecule has 0 spiro atoms. The van der Waals surface area contributed by atoms with Crippen molar-refractivity contribution in [3.63, 3.8) is 0 Å². The Bertz CT molecular complexity index is 635. The lowest BCUT2D eigenvalue weighted by Crippen LogP contribution is -2.48. The molecule has 132 valence electrons. The van der Waals surface area contributed by atoms with Crippen molar-refractivity contribution in [2.75, 3.05) is 13.6 Å². The molecule has 2 N–H and O–H groups in total. The Kier molecular flexibility index (Phi) is 7.51. The van der Waals surface area contributed by atoms with Crippen molar-refractivity contribution in [3.8, 4) is 0 Å². The van der Waals surface area contributed by atoms with E-state index in [0.717, 1.165) is 0 Å². The van der Waals surface area contributed by atoms with E-state index in [1.54, 1.807) is 12.1 Å². The average Bonchev–Trinajstić information content (AvgIpc) is 2.47. The van der Waals surface area contributed by atoms with Gasteiger partial charge in [-0.3, -0.25) is 14.4 Å². The first kappa shape index (κ1) is 20.3. The molecule has 3 amide bonds. The lowest BCUT2D eigenvalue weighted by atomic mass is 10.2. The van der Waals surface area contributed by atoms with Gasteiger partial charge in [0.15, 0.2) is 0 Å².